The van der Waals surface area contributed by atoms with Gasteiger partial charge in [0.25, 0.3) is 5.91 Å². The Labute approximate surface area is 190 Å². The molecule has 3 heterocycles. The minimum atomic E-state index is -0.165. The number of benzene rings is 1. The van der Waals surface area contributed by atoms with Crippen molar-refractivity contribution < 1.29 is 9.59 Å². The number of nitrogens with one attached hydrogen (secondary N) is 1. The van der Waals surface area contributed by atoms with Crippen LogP contribution in [0.1, 0.15) is 45.2 Å². The maximum atomic E-state index is 12.7. The molecule has 1 saturated heterocycles. The van der Waals surface area contributed by atoms with E-state index in [4.69, 9.17) is 0 Å². The predicted molar refractivity (Wildman–Crippen MR) is 126 cm³/mol. The summed E-state index contributed by atoms with van der Waals surface area (Å²) >= 11 is 3.00. The van der Waals surface area contributed by atoms with E-state index >= 15 is 0 Å². The van der Waals surface area contributed by atoms with Crippen molar-refractivity contribution in [1.29, 1.82) is 0 Å². The van der Waals surface area contributed by atoms with Gasteiger partial charge in [-0.25, -0.2) is 4.98 Å². The first-order chi connectivity index (χ1) is 15.1. The molecule has 5 nitrogen and oxygen atoms in total. The van der Waals surface area contributed by atoms with Gasteiger partial charge in [-0.2, -0.15) is 0 Å². The second-order valence-electron chi connectivity index (χ2n) is 7.60. The number of carbonyl (C=O) groups is 2. The summed E-state index contributed by atoms with van der Waals surface area (Å²) in [6, 6.07) is 15.7. The zero-order chi connectivity index (χ0) is 21.6. The van der Waals surface area contributed by atoms with E-state index in [1.54, 1.807) is 23.6 Å². The van der Waals surface area contributed by atoms with E-state index in [-0.39, 0.29) is 23.6 Å². The quantitative estimate of drug-likeness (QED) is 0.530. The molecule has 0 radical (unpaired) electrons. The summed E-state index contributed by atoms with van der Waals surface area (Å²) < 4.78 is 0. The van der Waals surface area contributed by atoms with Gasteiger partial charge in [0, 0.05) is 24.2 Å². The lowest BCUT2D eigenvalue weighted by Gasteiger charge is -2.18. The lowest BCUT2D eigenvalue weighted by molar-refractivity contribution is -0.119. The molecule has 0 bridgehead atoms. The third-order valence-electron chi connectivity index (χ3n) is 5.27. The Morgan fingerprint density at radius 1 is 1.13 bits per heavy atom. The predicted octanol–water partition coefficient (Wildman–Crippen LogP) is 4.69. The smallest absolute Gasteiger partial charge is 0.255 e. The number of amides is 2. The summed E-state index contributed by atoms with van der Waals surface area (Å²) in [5, 5.41) is 5.91. The Balaban J connectivity index is 1.36. The van der Waals surface area contributed by atoms with Gasteiger partial charge in [-0.3, -0.25) is 9.59 Å². The summed E-state index contributed by atoms with van der Waals surface area (Å²) in [4.78, 5) is 32.5. The van der Waals surface area contributed by atoms with E-state index in [2.05, 4.69) is 41.5 Å². The number of hydrogen-bond donors (Lipinski definition) is 1. The number of hydrogen-bond acceptors (Lipinski definition) is 5. The molecule has 2 amide bonds. The van der Waals surface area contributed by atoms with Crippen LogP contribution in [0.4, 0.5) is 0 Å². The van der Waals surface area contributed by atoms with Crippen LogP contribution in [0.3, 0.4) is 0 Å². The van der Waals surface area contributed by atoms with Gasteiger partial charge in [0.15, 0.2) is 0 Å². The number of pyridine rings is 1. The number of likely N-dealkylation sites (tertiary alicyclic amines) is 1. The lowest BCUT2D eigenvalue weighted by Crippen LogP contribution is -2.30. The Morgan fingerprint density at radius 2 is 1.90 bits per heavy atom. The molecule has 0 spiro atoms. The van der Waals surface area contributed by atoms with E-state index in [0.717, 1.165) is 41.4 Å². The van der Waals surface area contributed by atoms with Crippen molar-refractivity contribution in [1.82, 2.24) is 15.2 Å². The van der Waals surface area contributed by atoms with Crippen LogP contribution < -0.4 is 5.32 Å². The molecule has 1 fully saturated rings. The molecule has 3 aromatic rings. The molecule has 1 aromatic carbocycles. The van der Waals surface area contributed by atoms with Crippen molar-refractivity contribution >= 4 is 34.9 Å². The van der Waals surface area contributed by atoms with Crippen LogP contribution in [0, 0.1) is 6.92 Å². The molecule has 1 aliphatic heterocycles. The average Bonchev–Trinajstić information content (AvgIpc) is 3.51. The molecule has 0 saturated carbocycles. The summed E-state index contributed by atoms with van der Waals surface area (Å²) in [7, 11) is 0. The topological polar surface area (TPSA) is 62.3 Å². The molecular formula is C24H25N3O2S2. The first kappa shape index (κ1) is 21.6. The van der Waals surface area contributed by atoms with Gasteiger partial charge >= 0.3 is 0 Å². The monoisotopic (exact) mass is 451 g/mol. The molecular weight excluding hydrogens is 426 g/mol. The van der Waals surface area contributed by atoms with Crippen LogP contribution in [0.5, 0.6) is 0 Å². The van der Waals surface area contributed by atoms with E-state index in [0.29, 0.717) is 5.56 Å². The number of aryl methyl sites for hydroxylation is 1. The molecule has 4 rings (SSSR count). The number of thiophene rings is 1. The second-order valence-corrected chi connectivity index (χ2v) is 9.57. The SMILES string of the molecule is Cc1ccc(C(NC(=O)CSc2ccc(C(=O)N3CCCC3)cn2)c2cccs2)cc1. The molecule has 1 atom stereocenters. The van der Waals surface area contributed by atoms with Crippen molar-refractivity contribution in [2.24, 2.45) is 0 Å². The normalized spacial score (nSPS) is 14.4. The number of thioether (sulfide) groups is 1. The summed E-state index contributed by atoms with van der Waals surface area (Å²) in [5.74, 6) is 0.249. The standard InChI is InChI=1S/C24H25N3O2S2/c1-17-6-8-18(9-7-17)23(20-5-4-14-30-20)26-21(28)16-31-22-11-10-19(15-25-22)24(29)27-12-2-3-13-27/h4-11,14-15,23H,2-3,12-13,16H2,1H3,(H,26,28). The van der Waals surface area contributed by atoms with Crippen LogP contribution in [-0.4, -0.2) is 40.5 Å². The number of aromatic nitrogens is 1. The van der Waals surface area contributed by atoms with Crippen molar-refractivity contribution in [2.75, 3.05) is 18.8 Å². The maximum Gasteiger partial charge on any atom is 0.255 e. The highest BCUT2D eigenvalue weighted by atomic mass is 32.2. The van der Waals surface area contributed by atoms with E-state index in [1.807, 2.05) is 28.5 Å². The Morgan fingerprint density at radius 3 is 2.55 bits per heavy atom. The Bertz CT molecular complexity index is 1010. The van der Waals surface area contributed by atoms with Crippen LogP contribution in [0.25, 0.3) is 0 Å². The van der Waals surface area contributed by atoms with Gasteiger partial charge in [-0.15, -0.1) is 11.3 Å². The summed E-state index contributed by atoms with van der Waals surface area (Å²) in [6.45, 7) is 3.69. The zero-order valence-electron chi connectivity index (χ0n) is 17.4. The molecule has 7 heteroatoms. The van der Waals surface area contributed by atoms with Crippen LogP contribution >= 0.6 is 23.1 Å². The largest absolute Gasteiger partial charge is 0.344 e. The highest BCUT2D eigenvalue weighted by molar-refractivity contribution is 7.99. The van der Waals surface area contributed by atoms with Gasteiger partial charge in [0.05, 0.1) is 22.4 Å². The van der Waals surface area contributed by atoms with Crippen molar-refractivity contribution in [2.45, 2.75) is 30.8 Å². The van der Waals surface area contributed by atoms with Gasteiger partial charge in [0.1, 0.15) is 0 Å². The number of carbonyl (C=O) groups excluding carboxylic acids is 2. The minimum Gasteiger partial charge on any atom is -0.344 e. The molecule has 31 heavy (non-hydrogen) atoms. The van der Waals surface area contributed by atoms with Crippen LogP contribution in [-0.2, 0) is 4.79 Å². The Kier molecular flexibility index (Phi) is 7.04. The fourth-order valence-electron chi connectivity index (χ4n) is 3.57. The maximum absolute atomic E-state index is 12.7. The van der Waals surface area contributed by atoms with Gasteiger partial charge in [-0.1, -0.05) is 47.7 Å². The second kappa shape index (κ2) is 10.1. The fraction of sp³-hybridized carbons (Fsp3) is 0.292. The van der Waals surface area contributed by atoms with Gasteiger partial charge in [0.2, 0.25) is 5.91 Å². The van der Waals surface area contributed by atoms with Crippen LogP contribution in [0.2, 0.25) is 0 Å². The van der Waals surface area contributed by atoms with Crippen molar-refractivity contribution in [3.05, 3.63) is 81.7 Å². The molecule has 1 aliphatic rings. The number of nitrogens with zero attached hydrogens (tertiary/aromatic N) is 2. The van der Waals surface area contributed by atoms with Gasteiger partial charge < -0.3 is 10.2 Å². The Hall–Kier alpha value is -2.64. The van der Waals surface area contributed by atoms with E-state index in [9.17, 15) is 9.59 Å². The molecule has 160 valence electrons. The summed E-state index contributed by atoms with van der Waals surface area (Å²) in [6.07, 6.45) is 3.75. The first-order valence-electron chi connectivity index (χ1n) is 10.4. The lowest BCUT2D eigenvalue weighted by atomic mass is 10.0. The van der Waals surface area contributed by atoms with E-state index in [1.165, 1.54) is 17.3 Å². The highest BCUT2D eigenvalue weighted by Gasteiger charge is 2.20. The summed E-state index contributed by atoms with van der Waals surface area (Å²) in [5.41, 5.74) is 2.86. The third-order valence-corrected chi connectivity index (χ3v) is 7.15. The van der Waals surface area contributed by atoms with Crippen molar-refractivity contribution in [3.63, 3.8) is 0 Å². The minimum absolute atomic E-state index is 0.0381. The first-order valence-corrected chi connectivity index (χ1v) is 12.2. The van der Waals surface area contributed by atoms with Crippen molar-refractivity contribution in [3.8, 4) is 0 Å². The number of rotatable bonds is 7. The average molecular weight is 452 g/mol. The molecule has 2 aromatic heterocycles. The highest BCUT2D eigenvalue weighted by Crippen LogP contribution is 2.27. The molecule has 0 aliphatic carbocycles. The van der Waals surface area contributed by atoms with E-state index < -0.39 is 0 Å². The fourth-order valence-corrected chi connectivity index (χ4v) is 5.03. The van der Waals surface area contributed by atoms with Crippen LogP contribution in [0.15, 0.2) is 65.1 Å². The third kappa shape index (κ3) is 5.54. The zero-order valence-corrected chi connectivity index (χ0v) is 19.0. The molecule has 1 N–H and O–H groups in total. The molecule has 1 unspecified atom stereocenters. The van der Waals surface area contributed by atoms with Gasteiger partial charge in [-0.05, 0) is 48.9 Å².